The highest BCUT2D eigenvalue weighted by Gasteiger charge is 2.43. The zero-order chi connectivity index (χ0) is 23.1. The van der Waals surface area contributed by atoms with Crippen molar-refractivity contribution in [2.45, 2.75) is 12.6 Å². The summed E-state index contributed by atoms with van der Waals surface area (Å²) in [5, 5.41) is 10.5. The summed E-state index contributed by atoms with van der Waals surface area (Å²) in [5.41, 5.74) is 1.88. The fraction of sp³-hybridized carbons (Fsp3) is 0.154. The number of phenolic OH excluding ortho intramolecular Hbond substituents is 1. The molecular weight excluding hydrogens is 422 g/mol. The second-order valence-corrected chi connectivity index (χ2v) is 7.79. The lowest BCUT2D eigenvalue weighted by Gasteiger charge is -2.25. The van der Waals surface area contributed by atoms with Gasteiger partial charge in [0.05, 0.1) is 31.2 Å². The van der Waals surface area contributed by atoms with Gasteiger partial charge in [0, 0.05) is 6.54 Å². The molecule has 0 bridgehead atoms. The molecule has 1 amide bonds. The number of benzene rings is 3. The molecule has 0 aliphatic carbocycles. The molecule has 5 rings (SSSR count). The van der Waals surface area contributed by atoms with Gasteiger partial charge in [-0.15, -0.1) is 0 Å². The van der Waals surface area contributed by atoms with Crippen LogP contribution < -0.4 is 14.9 Å². The highest BCUT2D eigenvalue weighted by Crippen LogP contribution is 2.41. The minimum Gasteiger partial charge on any atom is -0.504 e. The molecule has 33 heavy (non-hydrogen) atoms. The number of methoxy groups -OCH3 is 2. The molecule has 0 saturated heterocycles. The first-order valence-corrected chi connectivity index (χ1v) is 10.4. The molecule has 0 unspecified atom stereocenters. The number of nitrogens with zero attached hydrogens (tertiary/aromatic N) is 1. The summed E-state index contributed by atoms with van der Waals surface area (Å²) in [6, 6.07) is 18.4. The lowest BCUT2D eigenvalue weighted by atomic mass is 9.98. The Hall–Kier alpha value is -4.26. The van der Waals surface area contributed by atoms with Gasteiger partial charge >= 0.3 is 0 Å². The first-order chi connectivity index (χ1) is 16.0. The molecule has 1 aromatic heterocycles. The van der Waals surface area contributed by atoms with Gasteiger partial charge in [-0.1, -0.05) is 30.3 Å². The van der Waals surface area contributed by atoms with Gasteiger partial charge in [-0.25, -0.2) is 0 Å². The van der Waals surface area contributed by atoms with Crippen LogP contribution in [-0.4, -0.2) is 30.1 Å². The molecule has 166 valence electrons. The van der Waals surface area contributed by atoms with E-state index in [1.807, 2.05) is 24.3 Å². The number of phenols is 1. The van der Waals surface area contributed by atoms with Crippen LogP contribution in [0.2, 0.25) is 0 Å². The van der Waals surface area contributed by atoms with E-state index in [1.165, 1.54) is 13.2 Å². The van der Waals surface area contributed by atoms with E-state index in [9.17, 15) is 14.7 Å². The van der Waals surface area contributed by atoms with Gasteiger partial charge < -0.3 is 23.9 Å². The van der Waals surface area contributed by atoms with Crippen LogP contribution in [0, 0.1) is 0 Å². The van der Waals surface area contributed by atoms with Crippen molar-refractivity contribution >= 4 is 16.9 Å². The molecule has 2 heterocycles. The molecule has 0 fully saturated rings. The van der Waals surface area contributed by atoms with Gasteiger partial charge in [-0.05, 0) is 47.5 Å². The molecule has 1 aliphatic rings. The van der Waals surface area contributed by atoms with Crippen LogP contribution in [0.15, 0.2) is 75.9 Å². The molecule has 1 atom stereocenters. The zero-order valence-corrected chi connectivity index (χ0v) is 18.1. The molecule has 7 nitrogen and oxygen atoms in total. The van der Waals surface area contributed by atoms with E-state index < -0.39 is 6.04 Å². The highest BCUT2D eigenvalue weighted by molar-refractivity contribution is 5.99. The number of hydrogen-bond donors (Lipinski definition) is 1. The van der Waals surface area contributed by atoms with Crippen molar-refractivity contribution in [2.75, 3.05) is 14.2 Å². The Kier molecular flexibility index (Phi) is 5.01. The Balaban J connectivity index is 1.69. The first kappa shape index (κ1) is 20.6. The average molecular weight is 443 g/mol. The van der Waals surface area contributed by atoms with Crippen molar-refractivity contribution in [1.82, 2.24) is 4.90 Å². The molecule has 7 heteroatoms. The summed E-state index contributed by atoms with van der Waals surface area (Å²) in [4.78, 5) is 28.6. The summed E-state index contributed by atoms with van der Waals surface area (Å²) < 4.78 is 16.4. The average Bonchev–Trinajstić information content (AvgIpc) is 3.12. The predicted molar refractivity (Wildman–Crippen MR) is 122 cm³/mol. The van der Waals surface area contributed by atoms with E-state index in [1.54, 1.807) is 48.4 Å². The molecular formula is C26H21NO6. The number of aromatic hydroxyl groups is 1. The number of carbonyl (C=O) groups excluding carboxylic acids is 1. The van der Waals surface area contributed by atoms with Crippen molar-refractivity contribution in [3.63, 3.8) is 0 Å². The maximum absolute atomic E-state index is 13.5. The zero-order valence-electron chi connectivity index (χ0n) is 18.1. The summed E-state index contributed by atoms with van der Waals surface area (Å²) >= 11 is 0. The van der Waals surface area contributed by atoms with E-state index in [0.717, 1.165) is 5.56 Å². The van der Waals surface area contributed by atoms with Crippen molar-refractivity contribution in [2.24, 2.45) is 0 Å². The van der Waals surface area contributed by atoms with Crippen LogP contribution in [0.4, 0.5) is 0 Å². The van der Waals surface area contributed by atoms with Crippen molar-refractivity contribution in [1.29, 1.82) is 0 Å². The van der Waals surface area contributed by atoms with Crippen LogP contribution in [0.1, 0.15) is 33.3 Å². The van der Waals surface area contributed by atoms with Gasteiger partial charge in [0.25, 0.3) is 5.91 Å². The minimum absolute atomic E-state index is 0.0296. The Morgan fingerprint density at radius 1 is 0.970 bits per heavy atom. The second-order valence-electron chi connectivity index (χ2n) is 7.79. The standard InChI is InChI=1S/C26H21NO6/c1-31-17-10-7-15(8-11-17)14-27-23(16-9-12-19(28)21(13-16)32-2)22-24(29)18-5-3-4-6-20(18)33-25(22)26(27)30/h3-13,23,28H,14H2,1-2H3/t23-/m0/s1. The molecule has 4 aromatic rings. The Labute approximate surface area is 189 Å². The third-order valence-electron chi connectivity index (χ3n) is 5.90. The second kappa shape index (κ2) is 8.02. The van der Waals surface area contributed by atoms with Gasteiger partial charge in [-0.2, -0.15) is 0 Å². The highest BCUT2D eigenvalue weighted by atomic mass is 16.5. The normalized spacial score (nSPS) is 15.0. The number of hydrogen-bond acceptors (Lipinski definition) is 6. The van der Waals surface area contributed by atoms with Gasteiger partial charge in [0.1, 0.15) is 11.3 Å². The number of ether oxygens (including phenoxy) is 2. The van der Waals surface area contributed by atoms with E-state index in [4.69, 9.17) is 13.9 Å². The van der Waals surface area contributed by atoms with Gasteiger partial charge in [-0.3, -0.25) is 9.59 Å². The molecule has 1 N–H and O–H groups in total. The first-order valence-electron chi connectivity index (χ1n) is 10.4. The lowest BCUT2D eigenvalue weighted by molar-refractivity contribution is 0.0714. The molecule has 3 aromatic carbocycles. The van der Waals surface area contributed by atoms with Crippen molar-refractivity contribution < 1.29 is 23.8 Å². The smallest absolute Gasteiger partial charge is 0.291 e. The Morgan fingerprint density at radius 3 is 2.45 bits per heavy atom. The lowest BCUT2D eigenvalue weighted by Crippen LogP contribution is -2.29. The Bertz CT molecular complexity index is 1420. The number of para-hydroxylation sites is 1. The van der Waals surface area contributed by atoms with Crippen molar-refractivity contribution in [3.8, 4) is 17.2 Å². The summed E-state index contributed by atoms with van der Waals surface area (Å²) in [5.74, 6) is 0.587. The monoisotopic (exact) mass is 443 g/mol. The number of amides is 1. The number of carbonyl (C=O) groups is 1. The minimum atomic E-state index is -0.704. The number of rotatable bonds is 5. The fourth-order valence-corrected chi connectivity index (χ4v) is 4.27. The predicted octanol–water partition coefficient (Wildman–Crippen LogP) is 4.26. The van der Waals surface area contributed by atoms with E-state index >= 15 is 0 Å². The maximum Gasteiger partial charge on any atom is 0.291 e. The molecule has 0 spiro atoms. The van der Waals surface area contributed by atoms with Crippen LogP contribution in [0.5, 0.6) is 17.2 Å². The molecule has 0 radical (unpaired) electrons. The quantitative estimate of drug-likeness (QED) is 0.496. The van der Waals surface area contributed by atoms with Gasteiger partial charge in [0.2, 0.25) is 5.76 Å². The summed E-state index contributed by atoms with van der Waals surface area (Å²) in [6.45, 7) is 0.247. The molecule has 1 aliphatic heterocycles. The fourth-order valence-electron chi connectivity index (χ4n) is 4.27. The van der Waals surface area contributed by atoms with E-state index in [-0.39, 0.29) is 40.7 Å². The maximum atomic E-state index is 13.5. The summed E-state index contributed by atoms with van der Waals surface area (Å²) in [7, 11) is 3.04. The van der Waals surface area contributed by atoms with Gasteiger partial charge in [0.15, 0.2) is 16.9 Å². The summed E-state index contributed by atoms with van der Waals surface area (Å²) in [6.07, 6.45) is 0. The number of fused-ring (bicyclic) bond motifs is 2. The third-order valence-corrected chi connectivity index (χ3v) is 5.90. The van der Waals surface area contributed by atoms with E-state index in [0.29, 0.717) is 22.3 Å². The van der Waals surface area contributed by atoms with E-state index in [2.05, 4.69) is 0 Å². The Morgan fingerprint density at radius 2 is 1.73 bits per heavy atom. The third kappa shape index (κ3) is 3.38. The SMILES string of the molecule is COc1ccc(CN2C(=O)c3oc4ccccc4c(=O)c3[C@@H]2c2ccc(O)c(OC)c2)cc1. The van der Waals surface area contributed by atoms with Crippen LogP contribution >= 0.6 is 0 Å². The van der Waals surface area contributed by atoms with Crippen molar-refractivity contribution in [3.05, 3.63) is 99.4 Å². The van der Waals surface area contributed by atoms with Crippen LogP contribution in [0.25, 0.3) is 11.0 Å². The van der Waals surface area contributed by atoms with Crippen LogP contribution in [0.3, 0.4) is 0 Å². The molecule has 0 saturated carbocycles. The topological polar surface area (TPSA) is 89.2 Å². The largest absolute Gasteiger partial charge is 0.504 e. The van der Waals surface area contributed by atoms with Crippen LogP contribution in [-0.2, 0) is 6.54 Å².